The highest BCUT2D eigenvalue weighted by molar-refractivity contribution is 5.46. The summed E-state index contributed by atoms with van der Waals surface area (Å²) in [7, 11) is 0. The molecule has 0 aliphatic carbocycles. The fourth-order valence-electron chi connectivity index (χ4n) is 3.02. The number of rotatable bonds is 4. The summed E-state index contributed by atoms with van der Waals surface area (Å²) in [5, 5.41) is 10.8. The number of aromatic nitrogens is 6. The summed E-state index contributed by atoms with van der Waals surface area (Å²) in [6, 6.07) is 3.16. The molecule has 0 amide bonds. The second-order valence-corrected chi connectivity index (χ2v) is 6.27. The first kappa shape index (κ1) is 17.4. The maximum Gasteiger partial charge on any atom is 0.453 e. The van der Waals surface area contributed by atoms with Gasteiger partial charge in [0.2, 0.25) is 5.88 Å². The van der Waals surface area contributed by atoms with Crippen molar-refractivity contribution in [1.29, 1.82) is 0 Å². The second kappa shape index (κ2) is 6.97. The van der Waals surface area contributed by atoms with E-state index in [1.165, 1.54) is 6.07 Å². The van der Waals surface area contributed by atoms with E-state index < -0.39 is 12.0 Å². The van der Waals surface area contributed by atoms with Gasteiger partial charge in [-0.15, -0.1) is 15.3 Å². The third-order valence-corrected chi connectivity index (χ3v) is 4.45. The smallest absolute Gasteiger partial charge is 0.453 e. The highest BCUT2D eigenvalue weighted by Gasteiger charge is 2.37. The minimum absolute atomic E-state index is 0.0679. The van der Waals surface area contributed by atoms with Gasteiger partial charge in [-0.2, -0.15) is 17.7 Å². The van der Waals surface area contributed by atoms with E-state index in [9.17, 15) is 13.2 Å². The van der Waals surface area contributed by atoms with E-state index in [1.807, 2.05) is 4.90 Å². The number of alkyl halides is 3. The molecule has 1 saturated heterocycles. The molecule has 4 heterocycles. The molecule has 1 aliphatic heterocycles. The summed E-state index contributed by atoms with van der Waals surface area (Å²) >= 11 is 0. The van der Waals surface area contributed by atoms with Gasteiger partial charge in [-0.05, 0) is 30.9 Å². The Morgan fingerprint density at radius 2 is 1.93 bits per heavy atom. The topological polar surface area (TPSA) is 81.3 Å². The Kier molecular flexibility index (Phi) is 4.50. The fourth-order valence-corrected chi connectivity index (χ4v) is 3.02. The lowest BCUT2D eigenvalue weighted by atomic mass is 9.98. The van der Waals surface area contributed by atoms with E-state index in [0.29, 0.717) is 37.3 Å². The summed E-state index contributed by atoms with van der Waals surface area (Å²) in [6.07, 6.45) is 1.79. The number of nitrogens with zero attached hydrogens (tertiary/aromatic N) is 7. The maximum atomic E-state index is 13.0. The first-order valence-corrected chi connectivity index (χ1v) is 8.44. The van der Waals surface area contributed by atoms with Gasteiger partial charge in [0, 0.05) is 25.5 Å². The zero-order valence-corrected chi connectivity index (χ0v) is 14.2. The molecule has 0 aromatic carbocycles. The summed E-state index contributed by atoms with van der Waals surface area (Å²) < 4.78 is 45.4. The van der Waals surface area contributed by atoms with Gasteiger partial charge in [0.25, 0.3) is 5.82 Å². The zero-order valence-electron chi connectivity index (χ0n) is 14.2. The SMILES string of the molecule is FC(F)(F)c1nnc2ccc(N3CCC(COc4cnccn4)CC3)nn12. The van der Waals surface area contributed by atoms with E-state index in [-0.39, 0.29) is 5.65 Å². The second-order valence-electron chi connectivity index (χ2n) is 6.27. The van der Waals surface area contributed by atoms with E-state index in [2.05, 4.69) is 25.3 Å². The molecule has 142 valence electrons. The van der Waals surface area contributed by atoms with Gasteiger partial charge in [-0.3, -0.25) is 4.98 Å². The molecule has 0 atom stereocenters. The normalized spacial score (nSPS) is 16.0. The molecule has 8 nitrogen and oxygen atoms in total. The quantitative estimate of drug-likeness (QED) is 0.688. The Morgan fingerprint density at radius 3 is 2.63 bits per heavy atom. The number of piperidine rings is 1. The third kappa shape index (κ3) is 3.76. The van der Waals surface area contributed by atoms with Crippen molar-refractivity contribution < 1.29 is 17.9 Å². The Balaban J connectivity index is 1.40. The molecule has 4 rings (SSSR count). The van der Waals surface area contributed by atoms with Crippen molar-refractivity contribution in [1.82, 2.24) is 29.8 Å². The molecule has 0 unspecified atom stereocenters. The highest BCUT2D eigenvalue weighted by Crippen LogP contribution is 2.28. The summed E-state index contributed by atoms with van der Waals surface area (Å²) in [6.45, 7) is 1.88. The minimum Gasteiger partial charge on any atom is -0.476 e. The Hall–Kier alpha value is -2.98. The van der Waals surface area contributed by atoms with Crippen molar-refractivity contribution in [2.45, 2.75) is 19.0 Å². The maximum absolute atomic E-state index is 13.0. The third-order valence-electron chi connectivity index (χ3n) is 4.45. The predicted molar refractivity (Wildman–Crippen MR) is 88.2 cm³/mol. The first-order valence-electron chi connectivity index (χ1n) is 8.44. The van der Waals surface area contributed by atoms with Crippen LogP contribution in [0, 0.1) is 5.92 Å². The van der Waals surface area contributed by atoms with Crippen LogP contribution in [0.2, 0.25) is 0 Å². The summed E-state index contributed by atoms with van der Waals surface area (Å²) in [5.41, 5.74) is 0.0679. The number of hydrogen-bond acceptors (Lipinski definition) is 7. The minimum atomic E-state index is -4.60. The van der Waals surface area contributed by atoms with Crippen molar-refractivity contribution in [2.24, 2.45) is 5.92 Å². The van der Waals surface area contributed by atoms with Crippen molar-refractivity contribution >= 4 is 11.5 Å². The summed E-state index contributed by atoms with van der Waals surface area (Å²) in [4.78, 5) is 9.97. The van der Waals surface area contributed by atoms with Gasteiger partial charge in [0.05, 0.1) is 12.8 Å². The van der Waals surface area contributed by atoms with Crippen LogP contribution >= 0.6 is 0 Å². The van der Waals surface area contributed by atoms with Crippen LogP contribution in [0.4, 0.5) is 19.0 Å². The zero-order chi connectivity index (χ0) is 18.9. The lowest BCUT2D eigenvalue weighted by Gasteiger charge is -2.32. The van der Waals surface area contributed by atoms with Crippen LogP contribution in [-0.2, 0) is 6.18 Å². The van der Waals surface area contributed by atoms with E-state index >= 15 is 0 Å². The molecule has 0 saturated carbocycles. The van der Waals surface area contributed by atoms with Crippen molar-refractivity contribution in [3.8, 4) is 5.88 Å². The molecule has 0 spiro atoms. The number of halogens is 3. The number of hydrogen-bond donors (Lipinski definition) is 0. The van der Waals surface area contributed by atoms with Crippen LogP contribution in [0.15, 0.2) is 30.7 Å². The predicted octanol–water partition coefficient (Wildman–Crippen LogP) is 2.23. The van der Waals surface area contributed by atoms with E-state index in [4.69, 9.17) is 4.74 Å². The van der Waals surface area contributed by atoms with Crippen molar-refractivity contribution in [2.75, 3.05) is 24.6 Å². The monoisotopic (exact) mass is 379 g/mol. The van der Waals surface area contributed by atoms with Crippen LogP contribution in [0.1, 0.15) is 18.7 Å². The van der Waals surface area contributed by atoms with Crippen LogP contribution in [0.5, 0.6) is 5.88 Å². The van der Waals surface area contributed by atoms with Gasteiger partial charge >= 0.3 is 6.18 Å². The number of fused-ring (bicyclic) bond motifs is 1. The van der Waals surface area contributed by atoms with Crippen LogP contribution < -0.4 is 9.64 Å². The molecule has 3 aromatic rings. The van der Waals surface area contributed by atoms with Gasteiger partial charge in [0.15, 0.2) is 5.65 Å². The molecule has 0 N–H and O–H groups in total. The van der Waals surface area contributed by atoms with Crippen LogP contribution in [0.3, 0.4) is 0 Å². The average Bonchev–Trinajstić information content (AvgIpc) is 3.11. The molecule has 1 aliphatic rings. The molecule has 1 fully saturated rings. The van der Waals surface area contributed by atoms with Gasteiger partial charge in [0.1, 0.15) is 5.82 Å². The van der Waals surface area contributed by atoms with E-state index in [0.717, 1.165) is 17.4 Å². The largest absolute Gasteiger partial charge is 0.476 e. The lowest BCUT2D eigenvalue weighted by molar-refractivity contribution is -0.146. The number of ether oxygens (including phenoxy) is 1. The van der Waals surface area contributed by atoms with Crippen molar-refractivity contribution in [3.63, 3.8) is 0 Å². The molecular weight excluding hydrogens is 363 g/mol. The Morgan fingerprint density at radius 1 is 1.11 bits per heavy atom. The lowest BCUT2D eigenvalue weighted by Crippen LogP contribution is -2.36. The van der Waals surface area contributed by atoms with Crippen LogP contribution in [0.25, 0.3) is 5.65 Å². The van der Waals surface area contributed by atoms with E-state index in [1.54, 1.807) is 24.7 Å². The molecule has 11 heteroatoms. The molecule has 27 heavy (non-hydrogen) atoms. The van der Waals surface area contributed by atoms with Crippen molar-refractivity contribution in [3.05, 3.63) is 36.5 Å². The summed E-state index contributed by atoms with van der Waals surface area (Å²) in [5.74, 6) is 0.180. The Labute approximate surface area is 152 Å². The standard InChI is InChI=1S/C16H16F3N7O/c17-16(18,19)15-23-22-12-1-2-13(24-26(12)15)25-7-3-11(4-8-25)10-27-14-9-20-5-6-21-14/h1-2,5-6,9,11H,3-4,7-8,10H2. The Bertz CT molecular complexity index is 907. The van der Waals surface area contributed by atoms with Gasteiger partial charge in [-0.1, -0.05) is 0 Å². The molecular formula is C16H16F3N7O. The highest BCUT2D eigenvalue weighted by atomic mass is 19.4. The molecule has 0 radical (unpaired) electrons. The average molecular weight is 379 g/mol. The van der Waals surface area contributed by atoms with Gasteiger partial charge in [-0.25, -0.2) is 4.98 Å². The van der Waals surface area contributed by atoms with Crippen LogP contribution in [-0.4, -0.2) is 49.5 Å². The molecule has 3 aromatic heterocycles. The fraction of sp³-hybridized carbons (Fsp3) is 0.438. The number of anilines is 1. The molecule has 0 bridgehead atoms. The van der Waals surface area contributed by atoms with Gasteiger partial charge < -0.3 is 9.64 Å². The first-order chi connectivity index (χ1) is 13.0.